The molecule has 0 fully saturated rings. The smallest absolute Gasteiger partial charge is 0.200 e. The molecular weight excluding hydrogens is 528 g/mol. The summed E-state index contributed by atoms with van der Waals surface area (Å²) in [6.45, 7) is 0. The van der Waals surface area contributed by atoms with Gasteiger partial charge in [-0.25, -0.2) is 0 Å². The Morgan fingerprint density at radius 3 is 0.500 bits per heavy atom. The molecule has 0 aromatic heterocycles. The first-order valence-electron chi connectivity index (χ1n) is 11.2. The van der Waals surface area contributed by atoms with E-state index in [9.17, 15) is 60.0 Å². The van der Waals surface area contributed by atoms with Crippen LogP contribution in [0.25, 0.3) is 0 Å². The highest BCUT2D eigenvalue weighted by Crippen LogP contribution is 2.39. The third kappa shape index (κ3) is 3.79. The Bertz CT molecular complexity index is 1470. The maximum absolute atomic E-state index is 13.3. The van der Waals surface area contributed by atoms with Crippen LogP contribution in [0, 0.1) is 0 Å². The van der Waals surface area contributed by atoms with Gasteiger partial charge in [0.05, 0.1) is 44.5 Å². The zero-order valence-electron chi connectivity index (χ0n) is 19.8. The fourth-order valence-electron chi connectivity index (χ4n) is 4.34. The Balaban J connectivity index is 1.91. The number of rotatable bonds is 0. The van der Waals surface area contributed by atoms with Gasteiger partial charge < -0.3 is 40.9 Å². The van der Waals surface area contributed by atoms with Gasteiger partial charge in [-0.15, -0.1) is 0 Å². The molecule has 4 aromatic carbocycles. The van der Waals surface area contributed by atoms with E-state index in [0.717, 1.165) is 24.3 Å². The summed E-state index contributed by atoms with van der Waals surface area (Å²) in [5.74, 6) is -11.4. The van der Waals surface area contributed by atoms with Crippen LogP contribution in [0.4, 0.5) is 0 Å². The van der Waals surface area contributed by atoms with Crippen molar-refractivity contribution in [2.24, 2.45) is 0 Å². The summed E-state index contributed by atoms with van der Waals surface area (Å²) in [6.07, 6.45) is 0. The van der Waals surface area contributed by atoms with Crippen LogP contribution >= 0.6 is 0 Å². The lowest BCUT2D eigenvalue weighted by Gasteiger charge is -2.15. The predicted octanol–water partition coefficient (Wildman–Crippen LogP) is 2.57. The van der Waals surface area contributed by atoms with Gasteiger partial charge in [-0.2, -0.15) is 0 Å². The molecular formula is C28H16O12. The van der Waals surface area contributed by atoms with Crippen LogP contribution in [0.3, 0.4) is 0 Å². The standard InChI is InChI=1S/C28H16O12/c29-17-5-18(30)10-1-9(17)25(37)11-2-13(21(33)6-19(11)31)27(39)15-4-16(24(36)8-23(15)35)28(40)14-3-12(26(10)38)20(32)7-22(14)34/h1-8,29-36H. The lowest BCUT2D eigenvalue weighted by Crippen LogP contribution is -2.12. The van der Waals surface area contributed by atoms with Crippen molar-refractivity contribution in [3.05, 3.63) is 93.0 Å². The maximum Gasteiger partial charge on any atom is 0.200 e. The van der Waals surface area contributed by atoms with Crippen LogP contribution < -0.4 is 0 Å². The zero-order chi connectivity index (χ0) is 29.2. The third-order valence-electron chi connectivity index (χ3n) is 6.41. The Labute approximate surface area is 222 Å². The average Bonchev–Trinajstić information content (AvgIpc) is 2.87. The van der Waals surface area contributed by atoms with E-state index in [2.05, 4.69) is 0 Å². The Morgan fingerprint density at radius 2 is 0.375 bits per heavy atom. The summed E-state index contributed by atoms with van der Waals surface area (Å²) in [6, 6.07) is 5.50. The fourth-order valence-corrected chi connectivity index (χ4v) is 4.34. The molecule has 1 aliphatic carbocycles. The van der Waals surface area contributed by atoms with E-state index in [1.807, 2.05) is 0 Å². The number of phenolic OH excluding ortho intramolecular Hbond substituents is 8. The molecule has 5 rings (SSSR count). The van der Waals surface area contributed by atoms with Crippen molar-refractivity contribution in [2.45, 2.75) is 0 Å². The minimum atomic E-state index is -1.16. The number of aromatic hydroxyl groups is 8. The van der Waals surface area contributed by atoms with Crippen molar-refractivity contribution in [1.82, 2.24) is 0 Å². The minimum Gasteiger partial charge on any atom is -0.507 e. The fraction of sp³-hybridized carbons (Fsp3) is 0. The number of ketones is 4. The van der Waals surface area contributed by atoms with E-state index >= 15 is 0 Å². The van der Waals surface area contributed by atoms with Gasteiger partial charge in [-0.05, 0) is 24.3 Å². The number of carbonyl (C=O) groups excluding carboxylic acids is 4. The summed E-state index contributed by atoms with van der Waals surface area (Å²) < 4.78 is 0. The molecule has 0 unspecified atom stereocenters. The van der Waals surface area contributed by atoms with Crippen molar-refractivity contribution in [3.63, 3.8) is 0 Å². The number of fused-ring (bicyclic) bond motifs is 8. The number of hydrogen-bond donors (Lipinski definition) is 8. The average molecular weight is 544 g/mol. The molecule has 0 aliphatic heterocycles. The molecule has 200 valence electrons. The summed E-state index contributed by atoms with van der Waals surface area (Å²) in [4.78, 5) is 53.4. The Kier molecular flexibility index (Phi) is 5.61. The molecule has 40 heavy (non-hydrogen) atoms. The highest BCUT2D eigenvalue weighted by Gasteiger charge is 2.30. The summed E-state index contributed by atoms with van der Waals surface area (Å²) >= 11 is 0. The van der Waals surface area contributed by atoms with E-state index in [0.29, 0.717) is 24.3 Å². The van der Waals surface area contributed by atoms with Crippen molar-refractivity contribution in [1.29, 1.82) is 0 Å². The second kappa shape index (κ2) is 8.77. The second-order valence-electron chi connectivity index (χ2n) is 8.86. The topological polar surface area (TPSA) is 230 Å². The maximum atomic E-state index is 13.3. The highest BCUT2D eigenvalue weighted by atomic mass is 16.3. The van der Waals surface area contributed by atoms with E-state index in [1.54, 1.807) is 0 Å². The van der Waals surface area contributed by atoms with Crippen LogP contribution in [0.15, 0.2) is 48.5 Å². The summed E-state index contributed by atoms with van der Waals surface area (Å²) in [5, 5.41) is 82.9. The van der Waals surface area contributed by atoms with Gasteiger partial charge in [0, 0.05) is 24.3 Å². The van der Waals surface area contributed by atoms with Gasteiger partial charge in [0.15, 0.2) is 0 Å². The Hall–Kier alpha value is -6.04. The molecule has 0 saturated carbocycles. The molecule has 12 heteroatoms. The van der Waals surface area contributed by atoms with Gasteiger partial charge >= 0.3 is 0 Å². The molecule has 0 saturated heterocycles. The highest BCUT2D eigenvalue weighted by molar-refractivity contribution is 6.21. The molecule has 0 radical (unpaired) electrons. The molecule has 4 aromatic rings. The molecule has 12 nitrogen and oxygen atoms in total. The molecule has 8 bridgehead atoms. The number of carbonyl (C=O) groups is 4. The summed E-state index contributed by atoms with van der Waals surface area (Å²) in [7, 11) is 0. The van der Waals surface area contributed by atoms with Crippen molar-refractivity contribution >= 4 is 23.1 Å². The molecule has 0 amide bonds. The van der Waals surface area contributed by atoms with Crippen LogP contribution in [0.1, 0.15) is 63.7 Å². The first kappa shape index (κ1) is 25.6. The molecule has 8 N–H and O–H groups in total. The minimum absolute atomic E-state index is 0.636. The quantitative estimate of drug-likeness (QED) is 0.141. The first-order valence-corrected chi connectivity index (χ1v) is 11.2. The first-order chi connectivity index (χ1) is 18.8. The predicted molar refractivity (Wildman–Crippen MR) is 133 cm³/mol. The van der Waals surface area contributed by atoms with Crippen molar-refractivity contribution < 1.29 is 60.0 Å². The SMILES string of the molecule is O=C1c2cc(c(O)cc2O)C(=O)c2cc(c(O)cc2O)C(=O)c2cc(c(O)cc2O)C(=O)c2cc1c(O)cc2O. The van der Waals surface area contributed by atoms with Gasteiger partial charge in [0.2, 0.25) is 23.1 Å². The van der Waals surface area contributed by atoms with Gasteiger partial charge in [-0.3, -0.25) is 19.2 Å². The van der Waals surface area contributed by atoms with E-state index < -0.39 is 114 Å². The van der Waals surface area contributed by atoms with Crippen LogP contribution in [-0.2, 0) is 0 Å². The molecule has 0 heterocycles. The molecule has 0 spiro atoms. The lowest BCUT2D eigenvalue weighted by atomic mass is 9.90. The van der Waals surface area contributed by atoms with Crippen LogP contribution in [-0.4, -0.2) is 64.0 Å². The number of hydrogen-bond acceptors (Lipinski definition) is 12. The van der Waals surface area contributed by atoms with Crippen molar-refractivity contribution in [3.8, 4) is 46.0 Å². The summed E-state index contributed by atoms with van der Waals surface area (Å²) in [5.41, 5.74) is -5.13. The van der Waals surface area contributed by atoms with Crippen LogP contribution in [0.5, 0.6) is 46.0 Å². The monoisotopic (exact) mass is 544 g/mol. The number of benzene rings is 4. The third-order valence-corrected chi connectivity index (χ3v) is 6.41. The van der Waals surface area contributed by atoms with Crippen LogP contribution in [0.2, 0.25) is 0 Å². The van der Waals surface area contributed by atoms with E-state index in [4.69, 9.17) is 0 Å². The largest absolute Gasteiger partial charge is 0.507 e. The van der Waals surface area contributed by atoms with Gasteiger partial charge in [0.25, 0.3) is 0 Å². The van der Waals surface area contributed by atoms with E-state index in [-0.39, 0.29) is 0 Å². The van der Waals surface area contributed by atoms with E-state index in [1.165, 1.54) is 0 Å². The molecule has 1 aliphatic rings. The normalized spacial score (nSPS) is 13.0. The zero-order valence-corrected chi connectivity index (χ0v) is 19.8. The lowest BCUT2D eigenvalue weighted by molar-refractivity contribution is 0.102. The number of phenols is 8. The second-order valence-corrected chi connectivity index (χ2v) is 8.86. The van der Waals surface area contributed by atoms with Crippen molar-refractivity contribution in [2.75, 3.05) is 0 Å². The van der Waals surface area contributed by atoms with Gasteiger partial charge in [0.1, 0.15) is 46.0 Å². The molecule has 0 atom stereocenters. The van der Waals surface area contributed by atoms with Gasteiger partial charge in [-0.1, -0.05) is 0 Å². The Morgan fingerprint density at radius 1 is 0.250 bits per heavy atom.